The van der Waals surface area contributed by atoms with Crippen molar-refractivity contribution >= 4 is 5.97 Å². The fourth-order valence-corrected chi connectivity index (χ4v) is 2.24. The molecule has 1 aliphatic carbocycles. The van der Waals surface area contributed by atoms with E-state index in [1.807, 2.05) is 0 Å². The Labute approximate surface area is 99.9 Å². The van der Waals surface area contributed by atoms with Crippen LogP contribution in [0.5, 0.6) is 5.75 Å². The molecule has 0 unspecified atom stereocenters. The van der Waals surface area contributed by atoms with Crippen LogP contribution in [0.15, 0.2) is 6.20 Å². The van der Waals surface area contributed by atoms with Gasteiger partial charge >= 0.3 is 5.97 Å². The summed E-state index contributed by atoms with van der Waals surface area (Å²) in [5.41, 5.74) is -0.0388. The van der Waals surface area contributed by atoms with Gasteiger partial charge in [0.25, 0.3) is 0 Å². The van der Waals surface area contributed by atoms with Crippen LogP contribution in [-0.4, -0.2) is 28.2 Å². The Kier molecular flexibility index (Phi) is 3.56. The second kappa shape index (κ2) is 5.12. The molecule has 1 aromatic rings. The molecule has 17 heavy (non-hydrogen) atoms. The van der Waals surface area contributed by atoms with Gasteiger partial charge in [-0.2, -0.15) is 0 Å². The summed E-state index contributed by atoms with van der Waals surface area (Å²) in [5, 5.41) is 9.05. The van der Waals surface area contributed by atoms with Gasteiger partial charge in [0.05, 0.1) is 13.3 Å². The van der Waals surface area contributed by atoms with Crippen molar-refractivity contribution in [2.75, 3.05) is 7.11 Å². The molecule has 5 heteroatoms. The molecular formula is C12H16N2O3. The lowest BCUT2D eigenvalue weighted by Crippen LogP contribution is -2.13. The number of carboxylic acid groups (broad SMARTS) is 1. The van der Waals surface area contributed by atoms with Crippen molar-refractivity contribution in [3.8, 4) is 5.75 Å². The minimum Gasteiger partial charge on any atom is -0.493 e. The second-order valence-electron chi connectivity index (χ2n) is 4.29. The number of carboxylic acids is 1. The zero-order chi connectivity index (χ0) is 12.3. The van der Waals surface area contributed by atoms with E-state index in [1.54, 1.807) is 0 Å². The molecule has 1 fully saturated rings. The van der Waals surface area contributed by atoms with Crippen molar-refractivity contribution in [1.82, 2.24) is 9.97 Å². The van der Waals surface area contributed by atoms with E-state index in [4.69, 9.17) is 9.84 Å². The summed E-state index contributed by atoms with van der Waals surface area (Å²) < 4.78 is 4.94. The number of aromatic nitrogens is 2. The van der Waals surface area contributed by atoms with Crippen LogP contribution >= 0.6 is 0 Å². The van der Waals surface area contributed by atoms with Crippen LogP contribution in [0, 0.1) is 0 Å². The van der Waals surface area contributed by atoms with Crippen LogP contribution in [0.1, 0.15) is 54.3 Å². The maximum Gasteiger partial charge on any atom is 0.358 e. The molecule has 1 saturated carbocycles. The van der Waals surface area contributed by atoms with Crippen LogP contribution in [0.4, 0.5) is 0 Å². The van der Waals surface area contributed by atoms with Gasteiger partial charge in [-0.15, -0.1) is 0 Å². The molecule has 5 nitrogen and oxygen atoms in total. The summed E-state index contributed by atoms with van der Waals surface area (Å²) in [6.07, 6.45) is 7.14. The van der Waals surface area contributed by atoms with Gasteiger partial charge in [0.1, 0.15) is 5.82 Å². The normalized spacial score (nSPS) is 16.8. The molecular weight excluding hydrogens is 220 g/mol. The second-order valence-corrected chi connectivity index (χ2v) is 4.29. The predicted octanol–water partition coefficient (Wildman–Crippen LogP) is 2.23. The molecule has 0 aliphatic heterocycles. The molecule has 0 bridgehead atoms. The van der Waals surface area contributed by atoms with Gasteiger partial charge in [0.2, 0.25) is 0 Å². The molecule has 0 spiro atoms. The van der Waals surface area contributed by atoms with E-state index < -0.39 is 5.97 Å². The van der Waals surface area contributed by atoms with E-state index in [1.165, 1.54) is 32.6 Å². The molecule has 1 aliphatic rings. The molecule has 2 rings (SSSR count). The van der Waals surface area contributed by atoms with Gasteiger partial charge in [-0.05, 0) is 12.8 Å². The Morgan fingerprint density at radius 3 is 2.71 bits per heavy atom. The summed E-state index contributed by atoms with van der Waals surface area (Å²) in [6.45, 7) is 0. The van der Waals surface area contributed by atoms with E-state index in [9.17, 15) is 4.79 Å². The first-order chi connectivity index (χ1) is 8.22. The largest absolute Gasteiger partial charge is 0.493 e. The van der Waals surface area contributed by atoms with Crippen molar-refractivity contribution < 1.29 is 14.6 Å². The van der Waals surface area contributed by atoms with Gasteiger partial charge in [-0.1, -0.05) is 19.3 Å². The number of hydrogen-bond acceptors (Lipinski definition) is 4. The summed E-state index contributed by atoms with van der Waals surface area (Å²) in [4.78, 5) is 19.4. The summed E-state index contributed by atoms with van der Waals surface area (Å²) in [5.74, 6) is 0.0917. The molecule has 0 amide bonds. The number of hydrogen-bond donors (Lipinski definition) is 1. The van der Waals surface area contributed by atoms with E-state index in [0.29, 0.717) is 11.7 Å². The zero-order valence-corrected chi connectivity index (χ0v) is 9.85. The third kappa shape index (κ3) is 2.54. The Morgan fingerprint density at radius 2 is 2.12 bits per heavy atom. The third-order valence-electron chi connectivity index (χ3n) is 3.17. The SMILES string of the molecule is COc1cnc(C2CCCCC2)nc1C(=O)O. The first-order valence-corrected chi connectivity index (χ1v) is 5.86. The van der Waals surface area contributed by atoms with Crippen LogP contribution in [0.3, 0.4) is 0 Å². The summed E-state index contributed by atoms with van der Waals surface area (Å²) in [7, 11) is 1.42. The number of aromatic carboxylic acids is 1. The first-order valence-electron chi connectivity index (χ1n) is 5.86. The minimum absolute atomic E-state index is 0.0388. The third-order valence-corrected chi connectivity index (χ3v) is 3.17. The minimum atomic E-state index is -1.07. The maximum absolute atomic E-state index is 11.0. The summed E-state index contributed by atoms with van der Waals surface area (Å²) in [6, 6.07) is 0. The Balaban J connectivity index is 2.29. The molecule has 1 heterocycles. The molecule has 0 radical (unpaired) electrons. The van der Waals surface area contributed by atoms with Gasteiger partial charge in [0.15, 0.2) is 11.4 Å². The van der Waals surface area contributed by atoms with E-state index >= 15 is 0 Å². The zero-order valence-electron chi connectivity index (χ0n) is 9.85. The highest BCUT2D eigenvalue weighted by Gasteiger charge is 2.21. The van der Waals surface area contributed by atoms with E-state index in [2.05, 4.69) is 9.97 Å². The number of nitrogens with zero attached hydrogens (tertiary/aromatic N) is 2. The topological polar surface area (TPSA) is 72.3 Å². The van der Waals surface area contributed by atoms with Gasteiger partial charge < -0.3 is 9.84 Å². The standard InChI is InChI=1S/C12H16N2O3/c1-17-9-7-13-11(14-10(9)12(15)16)8-5-3-2-4-6-8/h7-8H,2-6H2,1H3,(H,15,16). The number of methoxy groups -OCH3 is 1. The van der Waals surface area contributed by atoms with Crippen molar-refractivity contribution in [2.45, 2.75) is 38.0 Å². The quantitative estimate of drug-likeness (QED) is 0.871. The van der Waals surface area contributed by atoms with Gasteiger partial charge in [-0.25, -0.2) is 14.8 Å². The fraction of sp³-hybridized carbons (Fsp3) is 0.583. The maximum atomic E-state index is 11.0. The number of rotatable bonds is 3. The molecule has 1 N–H and O–H groups in total. The Bertz CT molecular complexity index is 414. The van der Waals surface area contributed by atoms with Gasteiger partial charge in [-0.3, -0.25) is 0 Å². The lowest BCUT2D eigenvalue weighted by atomic mass is 9.88. The van der Waals surface area contributed by atoms with Crippen LogP contribution in [0.25, 0.3) is 0 Å². The molecule has 0 atom stereocenters. The highest BCUT2D eigenvalue weighted by molar-refractivity contribution is 5.88. The highest BCUT2D eigenvalue weighted by atomic mass is 16.5. The highest BCUT2D eigenvalue weighted by Crippen LogP contribution is 2.31. The lowest BCUT2D eigenvalue weighted by Gasteiger charge is -2.20. The van der Waals surface area contributed by atoms with E-state index in [-0.39, 0.29) is 11.4 Å². The van der Waals surface area contributed by atoms with Crippen molar-refractivity contribution in [2.24, 2.45) is 0 Å². The average Bonchev–Trinajstić information content (AvgIpc) is 2.39. The van der Waals surface area contributed by atoms with Gasteiger partial charge in [0, 0.05) is 5.92 Å². The van der Waals surface area contributed by atoms with Crippen molar-refractivity contribution in [3.63, 3.8) is 0 Å². The fourth-order valence-electron chi connectivity index (χ4n) is 2.24. The first kappa shape index (κ1) is 11.8. The van der Waals surface area contributed by atoms with Crippen LogP contribution in [0.2, 0.25) is 0 Å². The van der Waals surface area contributed by atoms with Crippen LogP contribution in [-0.2, 0) is 0 Å². The molecule has 1 aromatic heterocycles. The molecule has 92 valence electrons. The van der Waals surface area contributed by atoms with E-state index in [0.717, 1.165) is 12.8 Å². The monoisotopic (exact) mass is 236 g/mol. The molecule has 0 aromatic carbocycles. The number of ether oxygens (including phenoxy) is 1. The Hall–Kier alpha value is -1.65. The molecule has 0 saturated heterocycles. The average molecular weight is 236 g/mol. The number of carbonyl (C=O) groups is 1. The summed E-state index contributed by atoms with van der Waals surface area (Å²) >= 11 is 0. The van der Waals surface area contributed by atoms with Crippen LogP contribution < -0.4 is 4.74 Å². The predicted molar refractivity (Wildman–Crippen MR) is 61.4 cm³/mol. The van der Waals surface area contributed by atoms with Crippen molar-refractivity contribution in [3.05, 3.63) is 17.7 Å². The Morgan fingerprint density at radius 1 is 1.41 bits per heavy atom. The lowest BCUT2D eigenvalue weighted by molar-refractivity contribution is 0.0685. The van der Waals surface area contributed by atoms with Crippen molar-refractivity contribution in [1.29, 1.82) is 0 Å². The smallest absolute Gasteiger partial charge is 0.358 e.